The molecular weight excluding hydrogens is 679 g/mol. The van der Waals surface area contributed by atoms with Crippen molar-refractivity contribution in [3.05, 3.63) is 133 Å². The average molecular weight is 731 g/mol. The second-order valence-electron chi connectivity index (χ2n) is 16.0. The Balaban J connectivity index is 0.00000240. The summed E-state index contributed by atoms with van der Waals surface area (Å²) in [5, 5.41) is 0. The Morgan fingerprint density at radius 1 is 0.674 bits per heavy atom. The van der Waals surface area contributed by atoms with E-state index in [1.807, 2.05) is 0 Å². The molecule has 0 saturated carbocycles. The topological polar surface area (TPSA) is 0 Å². The Morgan fingerprint density at radius 2 is 1.22 bits per heavy atom. The summed E-state index contributed by atoms with van der Waals surface area (Å²) in [6.45, 7) is 23.4. The van der Waals surface area contributed by atoms with E-state index in [-0.39, 0.29) is 35.6 Å². The van der Waals surface area contributed by atoms with Crippen LogP contribution in [0.1, 0.15) is 92.5 Å². The maximum absolute atomic E-state index is 5.78. The van der Waals surface area contributed by atoms with Gasteiger partial charge in [0.15, 0.2) is 0 Å². The molecule has 0 spiro atoms. The summed E-state index contributed by atoms with van der Waals surface area (Å²) >= 11 is -4.83. The van der Waals surface area contributed by atoms with Crippen LogP contribution in [0.3, 0.4) is 0 Å². The van der Waals surface area contributed by atoms with E-state index in [0.29, 0.717) is 0 Å². The summed E-state index contributed by atoms with van der Waals surface area (Å²) in [4.78, 5) is 0. The van der Waals surface area contributed by atoms with Crippen LogP contribution in [0.25, 0.3) is 11.1 Å². The van der Waals surface area contributed by atoms with Crippen LogP contribution in [-0.4, -0.2) is 4.21 Å². The molecule has 0 aromatic heterocycles. The second kappa shape index (κ2) is 12.3. The van der Waals surface area contributed by atoms with Crippen molar-refractivity contribution in [3.8, 4) is 11.1 Å². The SMILES string of the molecule is Cl.Cl.[CH2]=[Zr]([C]1=CC=CC1)([c]1cccc(C)c1)([c]1cccc(C)c1)[c]1c(C)c(C(C)(C)C)cc2c1Cc1cc(C)c(C(C)(C)C)cc1-2. The molecule has 0 fully saturated rings. The molecule has 6 rings (SSSR count). The third-order valence-electron chi connectivity index (χ3n) is 10.8. The van der Waals surface area contributed by atoms with Crippen LogP contribution in [0.15, 0.2) is 88.2 Å². The van der Waals surface area contributed by atoms with E-state index in [2.05, 4.69) is 154 Å². The Kier molecular flexibility index (Phi) is 9.76. The van der Waals surface area contributed by atoms with Gasteiger partial charge in [-0.15, -0.1) is 24.8 Å². The summed E-state index contributed by atoms with van der Waals surface area (Å²) < 4.78 is 11.8. The third kappa shape index (κ3) is 5.44. The van der Waals surface area contributed by atoms with E-state index >= 15 is 0 Å². The second-order valence-corrected chi connectivity index (χ2v) is 28.8. The van der Waals surface area contributed by atoms with Crippen molar-refractivity contribution in [2.45, 2.75) is 92.9 Å². The molecule has 0 heterocycles. The van der Waals surface area contributed by atoms with Gasteiger partial charge in [-0.2, -0.15) is 0 Å². The predicted molar refractivity (Wildman–Crippen MR) is 206 cm³/mol. The van der Waals surface area contributed by atoms with Gasteiger partial charge in [-0.3, -0.25) is 0 Å². The fourth-order valence-corrected chi connectivity index (χ4v) is 25.7. The van der Waals surface area contributed by atoms with Gasteiger partial charge >= 0.3 is 269 Å². The number of hydrogen-bond donors (Lipinski definition) is 0. The molecule has 242 valence electrons. The number of allylic oxidation sites excluding steroid dienone is 4. The molecule has 0 amide bonds. The molecular formula is C43H52Cl2Zr. The van der Waals surface area contributed by atoms with Crippen molar-refractivity contribution in [1.82, 2.24) is 0 Å². The molecule has 0 atom stereocenters. The molecule has 0 aliphatic heterocycles. The zero-order valence-electron chi connectivity index (χ0n) is 29.5. The van der Waals surface area contributed by atoms with Gasteiger partial charge in [0.25, 0.3) is 0 Å². The van der Waals surface area contributed by atoms with Gasteiger partial charge in [0.1, 0.15) is 0 Å². The maximum atomic E-state index is 5.78. The van der Waals surface area contributed by atoms with Crippen molar-refractivity contribution < 1.29 is 18.3 Å². The first-order valence-corrected chi connectivity index (χ1v) is 23.1. The molecule has 2 aliphatic rings. The van der Waals surface area contributed by atoms with E-state index < -0.39 is 18.3 Å². The normalized spacial score (nSPS) is 14.3. The first kappa shape index (κ1) is 36.5. The minimum atomic E-state index is -4.83. The number of hydrogen-bond acceptors (Lipinski definition) is 0. The van der Waals surface area contributed by atoms with E-state index in [1.165, 1.54) is 62.2 Å². The molecule has 0 unspecified atom stereocenters. The van der Waals surface area contributed by atoms with Crippen molar-refractivity contribution in [2.75, 3.05) is 0 Å². The van der Waals surface area contributed by atoms with Crippen LogP contribution in [-0.2, 0) is 35.5 Å². The van der Waals surface area contributed by atoms with Gasteiger partial charge in [-0.05, 0) is 0 Å². The monoisotopic (exact) mass is 728 g/mol. The van der Waals surface area contributed by atoms with Crippen molar-refractivity contribution >= 4 is 38.8 Å². The standard InChI is InChI=1S/C23H29.2C7H7.C5H5.CH2.2ClH.Zr/c1-14-9-16-11-17-10-15(2)21(23(6,7)8)13-19(17)18(16)12-20(14)22(3,4)5;2*1-7-5-3-2-4-6-7;1-2-4-5-3-1;;;;/h9,12-13H,11H2,1-8H3;2*2-3,5-6H,1H3;1-3H,4H2;1H2;2*1H;. The quantitative estimate of drug-likeness (QED) is 0.173. The Bertz CT molecular complexity index is 1920. The molecule has 0 saturated heterocycles. The van der Waals surface area contributed by atoms with Crippen LogP contribution in [0.2, 0.25) is 0 Å². The Hall–Kier alpha value is -2.31. The molecule has 0 bridgehead atoms. The van der Waals surface area contributed by atoms with E-state index in [1.54, 1.807) is 6.55 Å². The summed E-state index contributed by atoms with van der Waals surface area (Å²) in [6.07, 6.45) is 9.02. The van der Waals surface area contributed by atoms with Crippen molar-refractivity contribution in [2.24, 2.45) is 0 Å². The minimum absolute atomic E-state index is 0. The Labute approximate surface area is 291 Å². The average Bonchev–Trinajstić information content (AvgIpc) is 3.59. The molecule has 4 aromatic rings. The fourth-order valence-electron chi connectivity index (χ4n) is 8.77. The van der Waals surface area contributed by atoms with Crippen LogP contribution in [0, 0.1) is 27.7 Å². The van der Waals surface area contributed by atoms with Crippen molar-refractivity contribution in [1.29, 1.82) is 0 Å². The van der Waals surface area contributed by atoms with Gasteiger partial charge in [-0.25, -0.2) is 0 Å². The third-order valence-corrected chi connectivity index (χ3v) is 27.3. The van der Waals surface area contributed by atoms with E-state index in [9.17, 15) is 0 Å². The first-order chi connectivity index (χ1) is 20.5. The van der Waals surface area contributed by atoms with Crippen LogP contribution < -0.4 is 9.81 Å². The van der Waals surface area contributed by atoms with Gasteiger partial charge in [0.2, 0.25) is 0 Å². The molecule has 0 radical (unpaired) electrons. The van der Waals surface area contributed by atoms with Gasteiger partial charge < -0.3 is 0 Å². The van der Waals surface area contributed by atoms with Gasteiger partial charge in [0.05, 0.1) is 0 Å². The van der Waals surface area contributed by atoms with Gasteiger partial charge in [0, 0.05) is 0 Å². The molecule has 2 aliphatic carbocycles. The first-order valence-electron chi connectivity index (χ1n) is 16.4. The number of fused-ring (bicyclic) bond motifs is 3. The summed E-state index contributed by atoms with van der Waals surface area (Å²) in [5.41, 5.74) is 14.3. The van der Waals surface area contributed by atoms with E-state index in [4.69, 9.17) is 4.21 Å². The molecule has 0 N–H and O–H groups in total. The summed E-state index contributed by atoms with van der Waals surface area (Å²) in [5.74, 6) is 0. The molecule has 4 aromatic carbocycles. The number of aryl methyl sites for hydroxylation is 3. The zero-order valence-corrected chi connectivity index (χ0v) is 33.6. The van der Waals surface area contributed by atoms with E-state index in [0.717, 1.165) is 12.8 Å². The molecule has 3 heteroatoms. The molecule has 0 nitrogen and oxygen atoms in total. The van der Waals surface area contributed by atoms with Crippen LogP contribution in [0.5, 0.6) is 0 Å². The zero-order chi connectivity index (χ0) is 31.8. The predicted octanol–water partition coefficient (Wildman–Crippen LogP) is 10.2. The van der Waals surface area contributed by atoms with Crippen molar-refractivity contribution in [3.63, 3.8) is 0 Å². The number of benzene rings is 4. The van der Waals surface area contributed by atoms with Crippen LogP contribution in [0.4, 0.5) is 0 Å². The fraction of sp³-hybridized carbons (Fsp3) is 0.326. The summed E-state index contributed by atoms with van der Waals surface area (Å²) in [6, 6.07) is 26.5. The molecule has 46 heavy (non-hydrogen) atoms. The number of rotatable bonds is 4. The Morgan fingerprint density at radius 3 is 1.70 bits per heavy atom. The number of halogens is 2. The van der Waals surface area contributed by atoms with Crippen LogP contribution >= 0.6 is 24.8 Å². The summed E-state index contributed by atoms with van der Waals surface area (Å²) in [7, 11) is 0. The van der Waals surface area contributed by atoms with Gasteiger partial charge in [-0.1, -0.05) is 0 Å².